The van der Waals surface area contributed by atoms with Gasteiger partial charge >= 0.3 is 0 Å². The zero-order valence-electron chi connectivity index (χ0n) is 25.7. The van der Waals surface area contributed by atoms with E-state index in [0.29, 0.717) is 42.8 Å². The van der Waals surface area contributed by atoms with Crippen LogP contribution >= 0.6 is 0 Å². The number of piperidine rings is 1. The van der Waals surface area contributed by atoms with Gasteiger partial charge in [0, 0.05) is 48.4 Å². The van der Waals surface area contributed by atoms with Crippen molar-refractivity contribution in [2.45, 2.75) is 71.7 Å². The number of carbonyl (C=O) groups is 2. The number of likely N-dealkylation sites (tertiary alicyclic amines) is 1. The maximum absolute atomic E-state index is 14.9. The van der Waals surface area contributed by atoms with Gasteiger partial charge in [-0.3, -0.25) is 29.4 Å². The highest BCUT2D eigenvalue weighted by atomic mass is 19.1. The number of methoxy groups -OCH3 is 1. The predicted octanol–water partition coefficient (Wildman–Crippen LogP) is 4.81. The Morgan fingerprint density at radius 3 is 2.74 bits per heavy atom. The molecular weight excluding hydrogens is 551 g/mol. The molecule has 43 heavy (non-hydrogen) atoms. The Labute approximate surface area is 251 Å². The van der Waals surface area contributed by atoms with Crippen LogP contribution in [-0.4, -0.2) is 71.0 Å². The Hall–Kier alpha value is -4.09. The molecule has 3 aromatic rings. The number of rotatable bonds is 10. The van der Waals surface area contributed by atoms with Crippen LogP contribution in [0, 0.1) is 5.82 Å². The van der Waals surface area contributed by atoms with Crippen LogP contribution in [0.2, 0.25) is 0 Å². The SMILES string of the molecule is CCN=C/C=C(\C)c1n[nH]c2ccc(C(=O)N[C@@H]3CC[C@@H](C(=O)NOC(C)(C)C)N(Cc4c(F)cccc4OC)C3)cc12. The average Bonchev–Trinajstić information content (AvgIpc) is 3.40. The number of allylic oxidation sites excluding steroid dienone is 2. The van der Waals surface area contributed by atoms with Crippen LogP contribution in [0.5, 0.6) is 5.75 Å². The number of hydroxylamine groups is 1. The molecule has 1 aromatic heterocycles. The monoisotopic (exact) mass is 592 g/mol. The molecule has 230 valence electrons. The Balaban J connectivity index is 1.54. The number of halogens is 1. The molecule has 0 saturated carbocycles. The van der Waals surface area contributed by atoms with Crippen LogP contribution in [0.1, 0.15) is 69.1 Å². The Morgan fingerprint density at radius 2 is 2.02 bits per heavy atom. The molecule has 0 spiro atoms. The summed E-state index contributed by atoms with van der Waals surface area (Å²) in [5, 5.41) is 11.4. The molecule has 2 aromatic carbocycles. The van der Waals surface area contributed by atoms with E-state index < -0.39 is 17.5 Å². The number of aromatic nitrogens is 2. The number of aliphatic imine (C=N–C) groups is 1. The van der Waals surface area contributed by atoms with Gasteiger partial charge in [0.2, 0.25) is 0 Å². The number of nitrogens with one attached hydrogen (secondary N) is 3. The standard InChI is InChI=1S/C32H41FN6O4/c1-7-34-16-15-20(2)29-23-17-21(11-13-26(23)36-37-29)30(40)35-22-12-14-27(31(41)38-43-32(3,4)5)39(18-22)19-24-25(33)9-8-10-28(24)42-6/h8-11,13,15-17,22,27H,7,12,14,18-19H2,1-6H3,(H,35,40)(H,36,37)(H,38,41)/b20-15+,34-16?/t22-,27+/m1/s1. The molecule has 1 aliphatic rings. The quantitative estimate of drug-likeness (QED) is 0.230. The third-order valence-electron chi connectivity index (χ3n) is 7.25. The number of hydrogen-bond donors (Lipinski definition) is 3. The number of fused-ring (bicyclic) bond motifs is 1. The molecule has 0 radical (unpaired) electrons. The minimum atomic E-state index is -0.587. The largest absolute Gasteiger partial charge is 0.496 e. The van der Waals surface area contributed by atoms with Crippen LogP contribution in [0.15, 0.2) is 47.5 Å². The molecule has 10 nitrogen and oxygen atoms in total. The molecule has 2 amide bonds. The summed E-state index contributed by atoms with van der Waals surface area (Å²) in [6.07, 6.45) is 4.64. The average molecular weight is 593 g/mol. The molecule has 3 N–H and O–H groups in total. The fourth-order valence-corrected chi connectivity index (χ4v) is 5.06. The predicted molar refractivity (Wildman–Crippen MR) is 165 cm³/mol. The zero-order chi connectivity index (χ0) is 31.1. The molecule has 1 aliphatic heterocycles. The van der Waals surface area contributed by atoms with E-state index in [1.807, 2.05) is 57.7 Å². The van der Waals surface area contributed by atoms with Gasteiger partial charge in [0.25, 0.3) is 11.8 Å². The number of H-pyrrole nitrogens is 1. The lowest BCUT2D eigenvalue weighted by Gasteiger charge is -2.39. The van der Waals surface area contributed by atoms with Gasteiger partial charge in [0.05, 0.1) is 30.0 Å². The van der Waals surface area contributed by atoms with Crippen molar-refractivity contribution in [1.82, 2.24) is 25.9 Å². The van der Waals surface area contributed by atoms with Crippen molar-refractivity contribution in [2.75, 3.05) is 20.2 Å². The van der Waals surface area contributed by atoms with E-state index >= 15 is 0 Å². The first-order valence-electron chi connectivity index (χ1n) is 14.5. The van der Waals surface area contributed by atoms with E-state index in [9.17, 15) is 14.0 Å². The highest BCUT2D eigenvalue weighted by molar-refractivity contribution is 6.01. The fourth-order valence-electron chi connectivity index (χ4n) is 5.06. The number of nitrogens with zero attached hydrogens (tertiary/aromatic N) is 3. The topological polar surface area (TPSA) is 121 Å². The Morgan fingerprint density at radius 1 is 1.23 bits per heavy atom. The second-order valence-corrected chi connectivity index (χ2v) is 11.6. The van der Waals surface area contributed by atoms with Crippen LogP contribution < -0.4 is 15.5 Å². The molecule has 0 aliphatic carbocycles. The lowest BCUT2D eigenvalue weighted by molar-refractivity contribution is -0.152. The second-order valence-electron chi connectivity index (χ2n) is 11.6. The molecule has 4 rings (SSSR count). The summed E-state index contributed by atoms with van der Waals surface area (Å²) in [6.45, 7) is 10.6. The van der Waals surface area contributed by atoms with Crippen molar-refractivity contribution in [2.24, 2.45) is 4.99 Å². The number of hydrogen-bond acceptors (Lipinski definition) is 7. The molecule has 2 atom stereocenters. The van der Waals surface area contributed by atoms with Crippen LogP contribution in [0.4, 0.5) is 4.39 Å². The van der Waals surface area contributed by atoms with Gasteiger partial charge in [0.1, 0.15) is 11.6 Å². The van der Waals surface area contributed by atoms with Gasteiger partial charge in [-0.15, -0.1) is 0 Å². The maximum Gasteiger partial charge on any atom is 0.260 e. The Bertz CT molecular complexity index is 1510. The first-order valence-corrected chi connectivity index (χ1v) is 14.5. The van der Waals surface area contributed by atoms with Crippen molar-refractivity contribution < 1.29 is 23.6 Å². The molecule has 2 heterocycles. The normalized spacial score (nSPS) is 18.3. The minimum Gasteiger partial charge on any atom is -0.496 e. The van der Waals surface area contributed by atoms with Gasteiger partial charge in [-0.25, -0.2) is 9.87 Å². The number of amides is 2. The summed E-state index contributed by atoms with van der Waals surface area (Å²) in [4.78, 5) is 38.3. The highest BCUT2D eigenvalue weighted by Crippen LogP contribution is 2.28. The van der Waals surface area contributed by atoms with E-state index in [0.717, 1.165) is 22.2 Å². The van der Waals surface area contributed by atoms with Gasteiger partial charge in [-0.2, -0.15) is 5.10 Å². The first kappa shape index (κ1) is 31.8. The zero-order valence-corrected chi connectivity index (χ0v) is 25.7. The van der Waals surface area contributed by atoms with Crippen LogP contribution in [-0.2, 0) is 16.2 Å². The summed E-state index contributed by atoms with van der Waals surface area (Å²) in [5.41, 5.74) is 5.32. The van der Waals surface area contributed by atoms with Gasteiger partial charge in [-0.1, -0.05) is 6.07 Å². The Kier molecular flexibility index (Phi) is 10.3. The third-order valence-corrected chi connectivity index (χ3v) is 7.25. The van der Waals surface area contributed by atoms with Crippen LogP contribution in [0.3, 0.4) is 0 Å². The molecule has 0 unspecified atom stereocenters. The van der Waals surface area contributed by atoms with Crippen LogP contribution in [0.25, 0.3) is 16.5 Å². The van der Waals surface area contributed by atoms with E-state index in [1.165, 1.54) is 13.2 Å². The molecule has 11 heteroatoms. The van der Waals surface area contributed by atoms with E-state index in [1.54, 1.807) is 24.4 Å². The van der Waals surface area contributed by atoms with Crippen molar-refractivity contribution in [3.63, 3.8) is 0 Å². The molecule has 1 fully saturated rings. The first-order chi connectivity index (χ1) is 20.5. The number of carbonyl (C=O) groups excluding carboxylic acids is 2. The van der Waals surface area contributed by atoms with Crippen molar-refractivity contribution in [1.29, 1.82) is 0 Å². The van der Waals surface area contributed by atoms with E-state index in [2.05, 4.69) is 26.0 Å². The minimum absolute atomic E-state index is 0.118. The number of aromatic amines is 1. The van der Waals surface area contributed by atoms with E-state index in [-0.39, 0.29) is 24.4 Å². The van der Waals surface area contributed by atoms with Gasteiger partial charge in [-0.05, 0) is 89.4 Å². The molecular formula is C32H41FN6O4. The molecule has 1 saturated heterocycles. The maximum atomic E-state index is 14.9. The van der Waals surface area contributed by atoms with E-state index in [4.69, 9.17) is 9.57 Å². The summed E-state index contributed by atoms with van der Waals surface area (Å²) in [7, 11) is 1.48. The van der Waals surface area contributed by atoms with Crippen molar-refractivity contribution in [3.8, 4) is 5.75 Å². The third kappa shape index (κ3) is 8.05. The second kappa shape index (κ2) is 13.9. The van der Waals surface area contributed by atoms with Gasteiger partial charge in [0.15, 0.2) is 0 Å². The number of ether oxygens (including phenoxy) is 1. The number of benzene rings is 2. The lowest BCUT2D eigenvalue weighted by Crippen LogP contribution is -2.56. The van der Waals surface area contributed by atoms with Crippen molar-refractivity contribution >= 4 is 34.5 Å². The lowest BCUT2D eigenvalue weighted by atomic mass is 9.96. The van der Waals surface area contributed by atoms with Crippen molar-refractivity contribution in [3.05, 3.63) is 65.1 Å². The summed E-state index contributed by atoms with van der Waals surface area (Å²) >= 11 is 0. The summed E-state index contributed by atoms with van der Waals surface area (Å²) in [6, 6.07) is 9.18. The highest BCUT2D eigenvalue weighted by Gasteiger charge is 2.35. The fraction of sp³-hybridized carbons (Fsp3) is 0.438. The van der Waals surface area contributed by atoms with Gasteiger partial charge < -0.3 is 10.1 Å². The summed E-state index contributed by atoms with van der Waals surface area (Å²) < 4.78 is 20.3. The summed E-state index contributed by atoms with van der Waals surface area (Å²) in [5.74, 6) is -0.591. The smallest absolute Gasteiger partial charge is 0.260 e. The molecule has 0 bridgehead atoms.